The van der Waals surface area contributed by atoms with Gasteiger partial charge in [-0.05, 0) is 37.0 Å². The number of hydrogen-bond donors (Lipinski definition) is 1. The van der Waals surface area contributed by atoms with Crippen molar-refractivity contribution in [1.29, 1.82) is 0 Å². The lowest BCUT2D eigenvalue weighted by atomic mass is 9.98. The summed E-state index contributed by atoms with van der Waals surface area (Å²) < 4.78 is 65.2. The summed E-state index contributed by atoms with van der Waals surface area (Å²) in [5.74, 6) is -0.342. The molecule has 0 atom stereocenters. The zero-order valence-corrected chi connectivity index (χ0v) is 16.3. The van der Waals surface area contributed by atoms with E-state index < -0.39 is 27.8 Å². The third-order valence-corrected chi connectivity index (χ3v) is 6.69. The Kier molecular flexibility index (Phi) is 6.27. The van der Waals surface area contributed by atoms with Crippen molar-refractivity contribution >= 4 is 15.9 Å². The molecule has 1 aliphatic heterocycles. The highest BCUT2D eigenvalue weighted by molar-refractivity contribution is 7.89. The highest BCUT2D eigenvalue weighted by atomic mass is 32.2. The van der Waals surface area contributed by atoms with Gasteiger partial charge in [0.1, 0.15) is 6.54 Å². The van der Waals surface area contributed by atoms with E-state index in [4.69, 9.17) is 0 Å². The molecule has 1 aliphatic rings. The minimum absolute atomic E-state index is 0.101. The lowest BCUT2D eigenvalue weighted by molar-refractivity contribution is -0.141. The van der Waals surface area contributed by atoms with Crippen LogP contribution in [0.3, 0.4) is 0 Å². The molecule has 1 aromatic carbocycles. The fraction of sp³-hybridized carbons (Fsp3) is 0.444. The molecule has 0 radical (unpaired) electrons. The maximum atomic E-state index is 12.6. The number of benzene rings is 1. The molecular formula is C18H21F3N4O3S. The van der Waals surface area contributed by atoms with Crippen molar-refractivity contribution in [2.24, 2.45) is 5.92 Å². The number of halogens is 3. The molecule has 2 aromatic rings. The Morgan fingerprint density at radius 3 is 2.38 bits per heavy atom. The van der Waals surface area contributed by atoms with Crippen LogP contribution in [0.25, 0.3) is 0 Å². The molecule has 158 valence electrons. The van der Waals surface area contributed by atoms with Gasteiger partial charge in [0, 0.05) is 25.8 Å². The molecule has 2 heterocycles. The Bertz CT molecular complexity index is 937. The summed E-state index contributed by atoms with van der Waals surface area (Å²) in [4.78, 5) is 12.2. The first-order chi connectivity index (χ1) is 13.7. The number of rotatable bonds is 6. The Balaban J connectivity index is 1.45. The molecule has 0 saturated carbocycles. The number of nitrogens with one attached hydrogen (secondary N) is 1. The van der Waals surface area contributed by atoms with E-state index in [1.807, 2.05) is 0 Å². The normalized spacial score (nSPS) is 16.7. The minimum atomic E-state index is -4.55. The predicted molar refractivity (Wildman–Crippen MR) is 98.2 cm³/mol. The van der Waals surface area contributed by atoms with Gasteiger partial charge in [-0.3, -0.25) is 9.48 Å². The molecule has 0 unspecified atom stereocenters. The van der Waals surface area contributed by atoms with Crippen LogP contribution in [0.1, 0.15) is 18.5 Å². The summed E-state index contributed by atoms with van der Waals surface area (Å²) in [5.41, 5.74) is -1.04. The van der Waals surface area contributed by atoms with Crippen molar-refractivity contribution in [3.05, 3.63) is 48.3 Å². The smallest absolute Gasteiger partial charge is 0.354 e. The summed E-state index contributed by atoms with van der Waals surface area (Å²) in [6, 6.07) is 9.03. The molecule has 11 heteroatoms. The molecule has 0 bridgehead atoms. The summed E-state index contributed by atoms with van der Waals surface area (Å²) in [7, 11) is -3.52. The van der Waals surface area contributed by atoms with Crippen LogP contribution < -0.4 is 5.32 Å². The standard InChI is InChI=1S/C18H21F3N4O3S/c19-18(20,21)16-8-9-24(23-16)13-17(26)22-12-14-6-10-25(11-7-14)29(27,28)15-4-2-1-3-5-15/h1-5,8-9,14H,6-7,10-13H2,(H,22,26). The van der Waals surface area contributed by atoms with Crippen LogP contribution >= 0.6 is 0 Å². The fourth-order valence-electron chi connectivity index (χ4n) is 3.16. The number of nitrogens with zero attached hydrogens (tertiary/aromatic N) is 3. The highest BCUT2D eigenvalue weighted by Gasteiger charge is 2.33. The molecular weight excluding hydrogens is 409 g/mol. The number of aromatic nitrogens is 2. The minimum Gasteiger partial charge on any atom is -0.354 e. The SMILES string of the molecule is O=C(Cn1ccc(C(F)(F)F)n1)NCC1CCN(S(=O)(=O)c2ccccc2)CC1. The van der Waals surface area contributed by atoms with Gasteiger partial charge in [-0.25, -0.2) is 8.42 Å². The average Bonchev–Trinajstić information content (AvgIpc) is 3.16. The number of hydrogen-bond acceptors (Lipinski definition) is 4. The Morgan fingerprint density at radius 1 is 1.14 bits per heavy atom. The van der Waals surface area contributed by atoms with Crippen LogP contribution in [-0.4, -0.2) is 48.0 Å². The fourth-order valence-corrected chi connectivity index (χ4v) is 4.65. The molecule has 0 aliphatic carbocycles. The van der Waals surface area contributed by atoms with Gasteiger partial charge in [0.2, 0.25) is 15.9 Å². The molecule has 0 spiro atoms. The van der Waals surface area contributed by atoms with Gasteiger partial charge in [-0.2, -0.15) is 22.6 Å². The first kappa shape index (κ1) is 21.3. The first-order valence-corrected chi connectivity index (χ1v) is 10.5. The van der Waals surface area contributed by atoms with Crippen molar-refractivity contribution in [2.75, 3.05) is 19.6 Å². The lowest BCUT2D eigenvalue weighted by Crippen LogP contribution is -2.41. The molecule has 1 saturated heterocycles. The van der Waals surface area contributed by atoms with E-state index in [0.717, 1.165) is 16.9 Å². The zero-order chi connectivity index (χ0) is 21.1. The van der Waals surface area contributed by atoms with E-state index in [9.17, 15) is 26.4 Å². The lowest BCUT2D eigenvalue weighted by Gasteiger charge is -2.31. The third-order valence-electron chi connectivity index (χ3n) is 4.78. The van der Waals surface area contributed by atoms with Crippen LogP contribution in [0.5, 0.6) is 0 Å². The molecule has 1 amide bonds. The van der Waals surface area contributed by atoms with E-state index in [-0.39, 0.29) is 17.4 Å². The maximum absolute atomic E-state index is 12.6. The summed E-state index contributed by atoms with van der Waals surface area (Å²) in [6.07, 6.45) is -2.26. The van der Waals surface area contributed by atoms with Gasteiger partial charge in [-0.1, -0.05) is 18.2 Å². The van der Waals surface area contributed by atoms with E-state index >= 15 is 0 Å². The van der Waals surface area contributed by atoms with E-state index in [0.29, 0.717) is 32.5 Å². The second kappa shape index (κ2) is 8.54. The van der Waals surface area contributed by atoms with Crippen molar-refractivity contribution in [3.8, 4) is 0 Å². The summed E-state index contributed by atoms with van der Waals surface area (Å²) in [5, 5.41) is 6.02. The van der Waals surface area contributed by atoms with Gasteiger partial charge in [0.05, 0.1) is 4.90 Å². The van der Waals surface area contributed by atoms with Gasteiger partial charge in [0.25, 0.3) is 0 Å². The largest absolute Gasteiger partial charge is 0.435 e. The van der Waals surface area contributed by atoms with Crippen LogP contribution in [0.4, 0.5) is 13.2 Å². The Hall–Kier alpha value is -2.40. The number of carbonyl (C=O) groups excluding carboxylic acids is 1. The topological polar surface area (TPSA) is 84.3 Å². The molecule has 29 heavy (non-hydrogen) atoms. The number of alkyl halides is 3. The van der Waals surface area contributed by atoms with Gasteiger partial charge < -0.3 is 5.32 Å². The molecule has 1 N–H and O–H groups in total. The van der Waals surface area contributed by atoms with E-state index in [1.165, 1.54) is 4.31 Å². The van der Waals surface area contributed by atoms with Crippen LogP contribution in [-0.2, 0) is 27.5 Å². The number of amides is 1. The third kappa shape index (κ3) is 5.36. The van der Waals surface area contributed by atoms with Crippen molar-refractivity contribution in [3.63, 3.8) is 0 Å². The van der Waals surface area contributed by atoms with Gasteiger partial charge >= 0.3 is 6.18 Å². The highest BCUT2D eigenvalue weighted by Crippen LogP contribution is 2.27. The van der Waals surface area contributed by atoms with Gasteiger partial charge in [-0.15, -0.1) is 0 Å². The second-order valence-corrected chi connectivity index (χ2v) is 8.80. The first-order valence-electron chi connectivity index (χ1n) is 9.09. The van der Waals surface area contributed by atoms with Crippen molar-refractivity contribution in [1.82, 2.24) is 19.4 Å². The van der Waals surface area contributed by atoms with Gasteiger partial charge in [0.15, 0.2) is 5.69 Å². The summed E-state index contributed by atoms with van der Waals surface area (Å²) >= 11 is 0. The predicted octanol–water partition coefficient (Wildman–Crippen LogP) is 2.12. The zero-order valence-electron chi connectivity index (χ0n) is 15.5. The van der Waals surface area contributed by atoms with Crippen LogP contribution in [0.2, 0.25) is 0 Å². The molecule has 7 nitrogen and oxygen atoms in total. The van der Waals surface area contributed by atoms with Crippen LogP contribution in [0, 0.1) is 5.92 Å². The Labute approximate surface area is 166 Å². The summed E-state index contributed by atoms with van der Waals surface area (Å²) in [6.45, 7) is 0.737. The average molecular weight is 430 g/mol. The van der Waals surface area contributed by atoms with Crippen molar-refractivity contribution in [2.45, 2.75) is 30.5 Å². The molecule has 1 fully saturated rings. The van der Waals surface area contributed by atoms with Crippen molar-refractivity contribution < 1.29 is 26.4 Å². The van der Waals surface area contributed by atoms with Crippen LogP contribution in [0.15, 0.2) is 47.5 Å². The quantitative estimate of drug-likeness (QED) is 0.761. The molecule has 1 aromatic heterocycles. The maximum Gasteiger partial charge on any atom is 0.435 e. The molecule has 3 rings (SSSR count). The number of sulfonamides is 1. The number of piperidine rings is 1. The van der Waals surface area contributed by atoms with E-state index in [1.54, 1.807) is 30.3 Å². The monoisotopic (exact) mass is 430 g/mol. The van der Waals surface area contributed by atoms with E-state index in [2.05, 4.69) is 10.4 Å². The number of carbonyl (C=O) groups is 1. The Morgan fingerprint density at radius 2 is 1.79 bits per heavy atom. The second-order valence-electron chi connectivity index (χ2n) is 6.86.